The fourth-order valence-electron chi connectivity index (χ4n) is 3.08. The predicted molar refractivity (Wildman–Crippen MR) is 119 cm³/mol. The van der Waals surface area contributed by atoms with Gasteiger partial charge in [-0.3, -0.25) is 4.79 Å². The lowest BCUT2D eigenvalue weighted by Crippen LogP contribution is -2.45. The summed E-state index contributed by atoms with van der Waals surface area (Å²) in [6.45, 7) is 4.08. The Labute approximate surface area is 179 Å². The molecule has 0 atom stereocenters. The lowest BCUT2D eigenvalue weighted by molar-refractivity contribution is 0.0946. The molecule has 2 aromatic carbocycles. The molecule has 8 heteroatoms. The minimum atomic E-state index is -0.476. The zero-order valence-electron chi connectivity index (χ0n) is 17.3. The summed E-state index contributed by atoms with van der Waals surface area (Å²) in [6.07, 6.45) is 1.78. The second kappa shape index (κ2) is 8.16. The van der Waals surface area contributed by atoms with Gasteiger partial charge in [0.05, 0.1) is 0 Å². The number of hydrogen-bond donors (Lipinski definition) is 3. The minimum absolute atomic E-state index is 0.185. The number of aromatic nitrogens is 3. The van der Waals surface area contributed by atoms with Gasteiger partial charge in [-0.25, -0.2) is 8.91 Å². The van der Waals surface area contributed by atoms with Gasteiger partial charge in [-0.2, -0.15) is 4.98 Å². The average Bonchev–Trinajstić information content (AvgIpc) is 3.14. The second-order valence-electron chi connectivity index (χ2n) is 8.01. The zero-order chi connectivity index (χ0) is 22.0. The summed E-state index contributed by atoms with van der Waals surface area (Å²) in [5.74, 6) is -0.0990. The van der Waals surface area contributed by atoms with E-state index in [1.165, 1.54) is 12.1 Å². The van der Waals surface area contributed by atoms with Crippen LogP contribution in [0.2, 0.25) is 0 Å². The molecule has 4 aromatic rings. The third kappa shape index (κ3) is 4.87. The van der Waals surface area contributed by atoms with Gasteiger partial charge in [0.1, 0.15) is 5.82 Å². The average molecular weight is 418 g/mol. The number of nitrogens with zero attached hydrogens (tertiary/aromatic N) is 3. The molecular formula is C23H23FN6O. The summed E-state index contributed by atoms with van der Waals surface area (Å²) in [7, 11) is 0. The number of anilines is 2. The number of benzene rings is 2. The van der Waals surface area contributed by atoms with E-state index in [1.807, 2.05) is 32.0 Å². The standard InChI is InChI=1S/C23H23FN6O/c1-23(2,25)14-26-21(31)15-8-10-18(11-9-15)27-22-28-20-19(7-4-12-30(20)29-22)16-5-3-6-17(24)13-16/h3-13H,14,25H2,1-2H3,(H,26,31)(H,27,29). The molecule has 31 heavy (non-hydrogen) atoms. The first-order chi connectivity index (χ1) is 14.8. The number of halogens is 1. The van der Waals surface area contributed by atoms with Crippen molar-refractivity contribution < 1.29 is 9.18 Å². The Morgan fingerprint density at radius 1 is 1.13 bits per heavy atom. The third-order valence-electron chi connectivity index (χ3n) is 4.61. The van der Waals surface area contributed by atoms with E-state index in [9.17, 15) is 9.18 Å². The smallest absolute Gasteiger partial charge is 0.251 e. The van der Waals surface area contributed by atoms with Crippen LogP contribution in [0, 0.1) is 5.82 Å². The van der Waals surface area contributed by atoms with Crippen LogP contribution in [0.5, 0.6) is 0 Å². The third-order valence-corrected chi connectivity index (χ3v) is 4.61. The maximum absolute atomic E-state index is 13.7. The molecule has 0 unspecified atom stereocenters. The van der Waals surface area contributed by atoms with Crippen LogP contribution < -0.4 is 16.4 Å². The topological polar surface area (TPSA) is 97.3 Å². The van der Waals surface area contributed by atoms with Gasteiger partial charge >= 0.3 is 0 Å². The molecule has 2 heterocycles. The SMILES string of the molecule is CC(C)(N)CNC(=O)c1ccc(Nc2nc3c(-c4cccc(F)c4)cccn3n2)cc1. The Hall–Kier alpha value is -3.78. The predicted octanol–water partition coefficient (Wildman–Crippen LogP) is 3.75. The van der Waals surface area contributed by atoms with E-state index in [2.05, 4.69) is 20.7 Å². The number of carbonyl (C=O) groups excluding carboxylic acids is 1. The van der Waals surface area contributed by atoms with Crippen LogP contribution in [0.1, 0.15) is 24.2 Å². The van der Waals surface area contributed by atoms with Crippen LogP contribution >= 0.6 is 0 Å². The first-order valence-electron chi connectivity index (χ1n) is 9.84. The van der Waals surface area contributed by atoms with Crippen LogP contribution in [0.15, 0.2) is 66.9 Å². The van der Waals surface area contributed by atoms with Crippen molar-refractivity contribution in [2.75, 3.05) is 11.9 Å². The number of nitrogens with two attached hydrogens (primary N) is 1. The van der Waals surface area contributed by atoms with Crippen LogP contribution in [0.25, 0.3) is 16.8 Å². The Morgan fingerprint density at radius 2 is 1.90 bits per heavy atom. The van der Waals surface area contributed by atoms with Crippen molar-refractivity contribution in [3.8, 4) is 11.1 Å². The summed E-state index contributed by atoms with van der Waals surface area (Å²) in [6, 6.07) is 17.1. The molecular weight excluding hydrogens is 395 g/mol. The van der Waals surface area contributed by atoms with Gasteiger partial charge in [0.2, 0.25) is 5.95 Å². The molecule has 0 spiro atoms. The van der Waals surface area contributed by atoms with Crippen LogP contribution in [-0.4, -0.2) is 32.6 Å². The van der Waals surface area contributed by atoms with Crippen molar-refractivity contribution in [1.29, 1.82) is 0 Å². The van der Waals surface area contributed by atoms with Gasteiger partial charge < -0.3 is 16.4 Å². The van der Waals surface area contributed by atoms with E-state index in [0.717, 1.165) is 16.8 Å². The van der Waals surface area contributed by atoms with E-state index in [4.69, 9.17) is 5.73 Å². The zero-order valence-corrected chi connectivity index (χ0v) is 17.3. The van der Waals surface area contributed by atoms with Crippen LogP contribution in [-0.2, 0) is 0 Å². The fraction of sp³-hybridized carbons (Fsp3) is 0.174. The number of nitrogens with one attached hydrogen (secondary N) is 2. The number of amides is 1. The highest BCUT2D eigenvalue weighted by atomic mass is 19.1. The number of carbonyl (C=O) groups is 1. The van der Waals surface area contributed by atoms with Crippen molar-refractivity contribution in [3.63, 3.8) is 0 Å². The lowest BCUT2D eigenvalue weighted by Gasteiger charge is -2.18. The Balaban J connectivity index is 1.53. The molecule has 7 nitrogen and oxygen atoms in total. The molecule has 0 bridgehead atoms. The van der Waals surface area contributed by atoms with E-state index in [-0.39, 0.29) is 11.7 Å². The molecule has 4 rings (SSSR count). The minimum Gasteiger partial charge on any atom is -0.350 e. The van der Waals surface area contributed by atoms with Gasteiger partial charge in [0.25, 0.3) is 5.91 Å². The molecule has 158 valence electrons. The van der Waals surface area contributed by atoms with Gasteiger partial charge in [-0.1, -0.05) is 12.1 Å². The number of hydrogen-bond acceptors (Lipinski definition) is 5. The van der Waals surface area contributed by atoms with Gasteiger partial charge in [0, 0.05) is 35.1 Å². The molecule has 0 fully saturated rings. The molecule has 1 amide bonds. The summed E-state index contributed by atoms with van der Waals surface area (Å²) < 4.78 is 15.3. The summed E-state index contributed by atoms with van der Waals surface area (Å²) in [5, 5.41) is 10.4. The van der Waals surface area contributed by atoms with Gasteiger partial charge in [-0.15, -0.1) is 5.10 Å². The van der Waals surface area contributed by atoms with Gasteiger partial charge in [0.15, 0.2) is 5.65 Å². The summed E-state index contributed by atoms with van der Waals surface area (Å²) >= 11 is 0. The van der Waals surface area contributed by atoms with E-state index >= 15 is 0 Å². The number of fused-ring (bicyclic) bond motifs is 1. The molecule has 0 saturated carbocycles. The Kier molecular flexibility index (Phi) is 5.39. The van der Waals surface area contributed by atoms with Crippen molar-refractivity contribution >= 4 is 23.2 Å². The summed E-state index contributed by atoms with van der Waals surface area (Å²) in [4.78, 5) is 16.8. The van der Waals surface area contributed by atoms with Crippen LogP contribution in [0.4, 0.5) is 16.0 Å². The lowest BCUT2D eigenvalue weighted by atomic mass is 10.1. The fourth-order valence-corrected chi connectivity index (χ4v) is 3.08. The molecule has 4 N–H and O–H groups in total. The quantitative estimate of drug-likeness (QED) is 0.443. The van der Waals surface area contributed by atoms with Crippen LogP contribution in [0.3, 0.4) is 0 Å². The Bertz CT molecular complexity index is 1230. The number of pyridine rings is 1. The molecule has 2 aromatic heterocycles. The first-order valence-corrected chi connectivity index (χ1v) is 9.84. The Morgan fingerprint density at radius 3 is 2.61 bits per heavy atom. The molecule has 0 saturated heterocycles. The molecule has 0 aliphatic rings. The normalized spacial score (nSPS) is 11.5. The van der Waals surface area contributed by atoms with Gasteiger partial charge in [-0.05, 0) is 67.9 Å². The van der Waals surface area contributed by atoms with E-state index < -0.39 is 5.54 Å². The van der Waals surface area contributed by atoms with Crippen molar-refractivity contribution in [1.82, 2.24) is 19.9 Å². The first kappa shape index (κ1) is 20.5. The highest BCUT2D eigenvalue weighted by molar-refractivity contribution is 5.94. The monoisotopic (exact) mass is 418 g/mol. The van der Waals surface area contributed by atoms with E-state index in [1.54, 1.807) is 41.0 Å². The largest absolute Gasteiger partial charge is 0.350 e. The van der Waals surface area contributed by atoms with Crippen molar-refractivity contribution in [2.24, 2.45) is 5.73 Å². The molecule has 0 radical (unpaired) electrons. The highest BCUT2D eigenvalue weighted by Crippen LogP contribution is 2.25. The maximum atomic E-state index is 13.7. The van der Waals surface area contributed by atoms with E-state index in [0.29, 0.717) is 23.7 Å². The highest BCUT2D eigenvalue weighted by Gasteiger charge is 2.14. The summed E-state index contributed by atoms with van der Waals surface area (Å²) in [5.41, 5.74) is 8.80. The maximum Gasteiger partial charge on any atom is 0.251 e. The number of rotatable bonds is 6. The molecule has 0 aliphatic heterocycles. The van der Waals surface area contributed by atoms with Crippen molar-refractivity contribution in [3.05, 3.63) is 78.2 Å². The van der Waals surface area contributed by atoms with Crippen molar-refractivity contribution in [2.45, 2.75) is 19.4 Å². The second-order valence-corrected chi connectivity index (χ2v) is 8.01. The molecule has 0 aliphatic carbocycles.